The summed E-state index contributed by atoms with van der Waals surface area (Å²) in [6.07, 6.45) is 3.20. The van der Waals surface area contributed by atoms with Crippen LogP contribution < -0.4 is 11.1 Å². The fourth-order valence-corrected chi connectivity index (χ4v) is 1.46. The van der Waals surface area contributed by atoms with E-state index in [1.54, 1.807) is 0 Å². The zero-order valence-corrected chi connectivity index (χ0v) is 7.46. The first-order valence-electron chi connectivity index (χ1n) is 4.46. The number of benzene rings is 1. The largest absolute Gasteiger partial charge is 0.399 e. The lowest BCUT2D eigenvalue weighted by Gasteiger charge is -2.13. The Morgan fingerprint density at radius 1 is 1.15 bits per heavy atom. The summed E-state index contributed by atoms with van der Waals surface area (Å²) in [4.78, 5) is 0. The lowest BCUT2D eigenvalue weighted by molar-refractivity contribution is 0.839. The van der Waals surface area contributed by atoms with Gasteiger partial charge in [0.2, 0.25) is 0 Å². The predicted octanol–water partition coefficient (Wildman–Crippen LogP) is 1.81. The van der Waals surface area contributed by atoms with Gasteiger partial charge in [0, 0.05) is 18.8 Å². The molecule has 1 aliphatic rings. The van der Waals surface area contributed by atoms with Gasteiger partial charge >= 0.3 is 0 Å². The summed E-state index contributed by atoms with van der Waals surface area (Å²) >= 11 is 0. The number of nitrogen functional groups attached to an aromatic ring is 1. The highest BCUT2D eigenvalue weighted by Crippen LogP contribution is 2.21. The average Bonchev–Trinajstić information content (AvgIpc) is 2.20. The molecule has 0 spiro atoms. The molecule has 67 valence electrons. The summed E-state index contributed by atoms with van der Waals surface area (Å²) in [6, 6.07) is 8.02. The van der Waals surface area contributed by atoms with E-state index in [0.717, 1.165) is 18.7 Å². The third-order valence-electron chi connectivity index (χ3n) is 2.21. The molecule has 0 saturated carbocycles. The van der Waals surface area contributed by atoms with Crippen LogP contribution in [0.1, 0.15) is 12.0 Å². The molecular formula is C11H13N2. The Bertz CT molecular complexity index is 311. The summed E-state index contributed by atoms with van der Waals surface area (Å²) < 4.78 is 0. The van der Waals surface area contributed by atoms with Crippen molar-refractivity contribution in [2.24, 2.45) is 0 Å². The average molecular weight is 173 g/mol. The summed E-state index contributed by atoms with van der Waals surface area (Å²) in [5.74, 6) is 0. The van der Waals surface area contributed by atoms with Crippen molar-refractivity contribution in [1.82, 2.24) is 5.32 Å². The maximum atomic E-state index is 5.62. The topological polar surface area (TPSA) is 38.0 Å². The van der Waals surface area contributed by atoms with E-state index >= 15 is 0 Å². The summed E-state index contributed by atoms with van der Waals surface area (Å²) in [6.45, 7) is 3.02. The molecule has 0 atom stereocenters. The molecule has 1 radical (unpaired) electrons. The second kappa shape index (κ2) is 3.62. The second-order valence-corrected chi connectivity index (χ2v) is 3.17. The first-order chi connectivity index (χ1) is 6.36. The molecule has 1 aromatic carbocycles. The van der Waals surface area contributed by atoms with Gasteiger partial charge in [-0.1, -0.05) is 18.2 Å². The fraction of sp³-hybridized carbons (Fsp3) is 0.182. The molecule has 0 aromatic heterocycles. The van der Waals surface area contributed by atoms with Gasteiger partial charge in [-0.2, -0.15) is 0 Å². The fourth-order valence-electron chi connectivity index (χ4n) is 1.46. The molecule has 0 amide bonds. The second-order valence-electron chi connectivity index (χ2n) is 3.17. The third-order valence-corrected chi connectivity index (χ3v) is 2.21. The number of anilines is 1. The predicted molar refractivity (Wildman–Crippen MR) is 55.8 cm³/mol. The minimum atomic E-state index is 0.822. The van der Waals surface area contributed by atoms with Gasteiger partial charge in [-0.05, 0) is 29.7 Å². The van der Waals surface area contributed by atoms with E-state index in [4.69, 9.17) is 5.73 Å². The number of hydrogen-bond donors (Lipinski definition) is 2. The smallest absolute Gasteiger partial charge is 0.0314 e. The first-order valence-corrected chi connectivity index (χ1v) is 4.46. The van der Waals surface area contributed by atoms with Crippen LogP contribution in [0.5, 0.6) is 0 Å². The first kappa shape index (κ1) is 8.32. The summed E-state index contributed by atoms with van der Waals surface area (Å²) in [5, 5.41) is 3.17. The van der Waals surface area contributed by atoms with E-state index in [0.29, 0.717) is 0 Å². The van der Waals surface area contributed by atoms with E-state index in [9.17, 15) is 0 Å². The molecule has 0 unspecified atom stereocenters. The maximum absolute atomic E-state index is 5.62. The van der Waals surface area contributed by atoms with E-state index in [1.165, 1.54) is 11.1 Å². The highest BCUT2D eigenvalue weighted by Gasteiger charge is 2.04. The summed E-state index contributed by atoms with van der Waals surface area (Å²) in [5.41, 5.74) is 9.08. The molecule has 2 nitrogen and oxygen atoms in total. The van der Waals surface area contributed by atoms with E-state index < -0.39 is 0 Å². The van der Waals surface area contributed by atoms with Crippen LogP contribution in [0.15, 0.2) is 30.3 Å². The van der Waals surface area contributed by atoms with Crippen molar-refractivity contribution < 1.29 is 0 Å². The Kier molecular flexibility index (Phi) is 2.32. The monoisotopic (exact) mass is 173 g/mol. The van der Waals surface area contributed by atoms with Gasteiger partial charge in [-0.3, -0.25) is 0 Å². The van der Waals surface area contributed by atoms with Crippen LogP contribution in [0.4, 0.5) is 5.69 Å². The van der Waals surface area contributed by atoms with Gasteiger partial charge < -0.3 is 11.1 Å². The van der Waals surface area contributed by atoms with Crippen LogP contribution in [0.25, 0.3) is 5.57 Å². The molecular weight excluding hydrogens is 160 g/mol. The third kappa shape index (κ3) is 1.90. The number of hydrogen-bond acceptors (Lipinski definition) is 2. The quantitative estimate of drug-likeness (QED) is 0.635. The van der Waals surface area contributed by atoms with Crippen molar-refractivity contribution in [3.05, 3.63) is 42.4 Å². The zero-order chi connectivity index (χ0) is 9.10. The summed E-state index contributed by atoms with van der Waals surface area (Å²) in [7, 11) is 0. The Hall–Kier alpha value is -1.28. The Labute approximate surface area is 78.5 Å². The van der Waals surface area contributed by atoms with E-state index in [2.05, 4.69) is 30.1 Å². The highest BCUT2D eigenvalue weighted by molar-refractivity contribution is 5.68. The highest BCUT2D eigenvalue weighted by atomic mass is 14.8. The van der Waals surface area contributed by atoms with Crippen molar-refractivity contribution in [3.8, 4) is 0 Å². The van der Waals surface area contributed by atoms with Crippen LogP contribution >= 0.6 is 0 Å². The van der Waals surface area contributed by atoms with Crippen LogP contribution in [0.2, 0.25) is 0 Å². The minimum Gasteiger partial charge on any atom is -0.399 e. The Morgan fingerprint density at radius 3 is 2.54 bits per heavy atom. The molecule has 2 rings (SSSR count). The molecule has 0 bridgehead atoms. The Morgan fingerprint density at radius 2 is 1.92 bits per heavy atom. The van der Waals surface area contributed by atoms with E-state index in [-0.39, 0.29) is 0 Å². The van der Waals surface area contributed by atoms with Gasteiger partial charge in [-0.15, -0.1) is 0 Å². The number of nitrogens with two attached hydrogens (primary N) is 1. The van der Waals surface area contributed by atoms with Gasteiger partial charge in [0.1, 0.15) is 0 Å². The van der Waals surface area contributed by atoms with Crippen LogP contribution in [-0.2, 0) is 0 Å². The minimum absolute atomic E-state index is 0.822. The van der Waals surface area contributed by atoms with Gasteiger partial charge in [0.25, 0.3) is 0 Å². The van der Waals surface area contributed by atoms with Crippen molar-refractivity contribution in [1.29, 1.82) is 0 Å². The van der Waals surface area contributed by atoms with Crippen LogP contribution in [-0.4, -0.2) is 6.54 Å². The molecule has 3 N–H and O–H groups in total. The molecule has 2 heteroatoms. The lowest BCUT2D eigenvalue weighted by Crippen LogP contribution is -2.14. The normalized spacial score (nSPS) is 16.8. The van der Waals surface area contributed by atoms with Crippen molar-refractivity contribution in [2.75, 3.05) is 12.3 Å². The Balaban J connectivity index is 2.24. The molecule has 13 heavy (non-hydrogen) atoms. The van der Waals surface area contributed by atoms with Crippen molar-refractivity contribution in [3.63, 3.8) is 0 Å². The number of nitrogens with one attached hydrogen (secondary N) is 1. The maximum Gasteiger partial charge on any atom is 0.0314 e. The molecule has 0 fully saturated rings. The molecule has 1 heterocycles. The molecule has 1 aromatic rings. The number of rotatable bonds is 1. The SMILES string of the molecule is Nc1ccc(C2=CCN[CH]C2)cc1. The van der Waals surface area contributed by atoms with Crippen LogP contribution in [0, 0.1) is 6.54 Å². The van der Waals surface area contributed by atoms with Crippen LogP contribution in [0.3, 0.4) is 0 Å². The molecule has 0 saturated heterocycles. The van der Waals surface area contributed by atoms with Crippen molar-refractivity contribution in [2.45, 2.75) is 6.42 Å². The zero-order valence-electron chi connectivity index (χ0n) is 7.46. The van der Waals surface area contributed by atoms with Crippen molar-refractivity contribution >= 4 is 11.3 Å². The lowest BCUT2D eigenvalue weighted by atomic mass is 10.0. The van der Waals surface area contributed by atoms with Gasteiger partial charge in [-0.25, -0.2) is 0 Å². The van der Waals surface area contributed by atoms with Gasteiger partial charge in [0.15, 0.2) is 0 Å². The standard InChI is InChI=1S/C11H13N2/c12-11-3-1-9(2-4-11)10-5-7-13-8-6-10/h1-5,8,13H,6-7,12H2. The molecule has 1 aliphatic heterocycles. The molecule has 0 aliphatic carbocycles. The van der Waals surface area contributed by atoms with E-state index in [1.807, 2.05) is 12.1 Å². The van der Waals surface area contributed by atoms with Gasteiger partial charge in [0.05, 0.1) is 0 Å².